The van der Waals surface area contributed by atoms with Crippen LogP contribution in [0.1, 0.15) is 11.1 Å². The van der Waals surface area contributed by atoms with Gasteiger partial charge in [0, 0.05) is 5.69 Å². The minimum Gasteiger partial charge on any atom is -0.322 e. The van der Waals surface area contributed by atoms with Gasteiger partial charge in [0.1, 0.15) is 0 Å². The van der Waals surface area contributed by atoms with E-state index in [1.807, 2.05) is 42.5 Å². The molecule has 0 aromatic heterocycles. The molecule has 0 aliphatic carbocycles. The molecule has 2 aromatic rings. The fraction of sp³-hybridized carbons (Fsp3) is 0.0556. The summed E-state index contributed by atoms with van der Waals surface area (Å²) in [5.74, 6) is -0.190. The zero-order valence-corrected chi connectivity index (χ0v) is 11.3. The van der Waals surface area contributed by atoms with E-state index in [0.29, 0.717) is 0 Å². The predicted molar refractivity (Wildman–Crippen MR) is 84.4 cm³/mol. The highest BCUT2D eigenvalue weighted by molar-refractivity contribution is 5.99. The lowest BCUT2D eigenvalue weighted by Crippen LogP contribution is -2.09. The van der Waals surface area contributed by atoms with Gasteiger partial charge in [0.05, 0.1) is 0 Å². The average Bonchev–Trinajstić information content (AvgIpc) is 2.50. The summed E-state index contributed by atoms with van der Waals surface area (Å²) >= 11 is 0. The van der Waals surface area contributed by atoms with E-state index < -0.39 is 0 Å². The first-order valence-corrected chi connectivity index (χ1v) is 6.52. The molecule has 0 unspecified atom stereocenters. The van der Waals surface area contributed by atoms with Gasteiger partial charge in [0.25, 0.3) is 0 Å². The monoisotopic (exact) mass is 263 g/mol. The van der Waals surface area contributed by atoms with E-state index in [2.05, 4.69) is 36.2 Å². The van der Waals surface area contributed by atoms with Gasteiger partial charge in [-0.15, -0.1) is 0 Å². The van der Waals surface area contributed by atoms with Crippen molar-refractivity contribution in [2.75, 3.05) is 5.32 Å². The third kappa shape index (κ3) is 3.95. The van der Waals surface area contributed by atoms with E-state index in [1.54, 1.807) is 0 Å². The van der Waals surface area contributed by atoms with E-state index in [1.165, 1.54) is 11.6 Å². The summed E-state index contributed by atoms with van der Waals surface area (Å²) in [7, 11) is 0. The Hall–Kier alpha value is -2.61. The van der Waals surface area contributed by atoms with E-state index in [4.69, 9.17) is 0 Å². The van der Waals surface area contributed by atoms with Gasteiger partial charge >= 0.3 is 0 Å². The predicted octanol–water partition coefficient (Wildman–Crippen LogP) is 4.07. The third-order valence-electron chi connectivity index (χ3n) is 2.91. The van der Waals surface area contributed by atoms with Crippen LogP contribution >= 0.6 is 0 Å². The van der Waals surface area contributed by atoms with Crippen molar-refractivity contribution in [2.45, 2.75) is 6.42 Å². The maximum atomic E-state index is 11.4. The molecule has 2 heteroatoms. The van der Waals surface area contributed by atoms with Gasteiger partial charge in [-0.3, -0.25) is 4.79 Å². The number of anilines is 1. The topological polar surface area (TPSA) is 29.1 Å². The maximum absolute atomic E-state index is 11.4. The van der Waals surface area contributed by atoms with Crippen LogP contribution in [0.5, 0.6) is 0 Å². The second-order valence-electron chi connectivity index (χ2n) is 4.37. The molecule has 2 nitrogen and oxygen atoms in total. The number of hydrogen-bond donors (Lipinski definition) is 1. The zero-order valence-electron chi connectivity index (χ0n) is 11.3. The number of carbonyl (C=O) groups is 1. The molecule has 20 heavy (non-hydrogen) atoms. The van der Waals surface area contributed by atoms with Gasteiger partial charge in [-0.25, -0.2) is 0 Å². The first-order valence-electron chi connectivity index (χ1n) is 6.52. The van der Waals surface area contributed by atoms with Crippen LogP contribution in [0.4, 0.5) is 5.69 Å². The van der Waals surface area contributed by atoms with Crippen LogP contribution in [-0.4, -0.2) is 5.91 Å². The summed E-state index contributed by atoms with van der Waals surface area (Å²) < 4.78 is 0. The van der Waals surface area contributed by atoms with Crippen LogP contribution < -0.4 is 5.32 Å². The quantitative estimate of drug-likeness (QED) is 0.809. The average molecular weight is 263 g/mol. The van der Waals surface area contributed by atoms with E-state index >= 15 is 0 Å². The van der Waals surface area contributed by atoms with E-state index in [-0.39, 0.29) is 5.91 Å². The standard InChI is InChI=1S/C18H17NO/c1-2-18(20)19-17-14-7-6-12-16(17)13-8-11-15-9-4-3-5-10-15/h2-12,14H,1,13H2,(H,19,20)/b11-8-. The van der Waals surface area contributed by atoms with Crippen molar-refractivity contribution in [1.82, 2.24) is 0 Å². The molecule has 0 fully saturated rings. The van der Waals surface area contributed by atoms with Crippen LogP contribution in [0.2, 0.25) is 0 Å². The summed E-state index contributed by atoms with van der Waals surface area (Å²) in [6.45, 7) is 3.46. The van der Waals surface area contributed by atoms with Crippen molar-refractivity contribution < 1.29 is 4.79 Å². The SMILES string of the molecule is C=CC(=O)Nc1ccccc1C/C=C\c1ccccc1. The second kappa shape index (κ2) is 7.10. The van der Waals surface area contributed by atoms with Crippen molar-refractivity contribution in [1.29, 1.82) is 0 Å². The molecule has 0 bridgehead atoms. The van der Waals surface area contributed by atoms with Crippen molar-refractivity contribution in [3.05, 3.63) is 84.5 Å². The number of allylic oxidation sites excluding steroid dienone is 1. The lowest BCUT2D eigenvalue weighted by Gasteiger charge is -2.07. The van der Waals surface area contributed by atoms with Crippen molar-refractivity contribution >= 4 is 17.7 Å². The number of benzene rings is 2. The number of carbonyl (C=O) groups excluding carboxylic acids is 1. The highest BCUT2D eigenvalue weighted by Crippen LogP contribution is 2.16. The molecule has 2 aromatic carbocycles. The number of hydrogen-bond acceptors (Lipinski definition) is 1. The first-order chi connectivity index (χ1) is 9.79. The Morgan fingerprint density at radius 3 is 2.50 bits per heavy atom. The Morgan fingerprint density at radius 2 is 1.75 bits per heavy atom. The van der Waals surface area contributed by atoms with Crippen molar-refractivity contribution in [3.63, 3.8) is 0 Å². The molecule has 0 spiro atoms. The lowest BCUT2D eigenvalue weighted by molar-refractivity contribution is -0.111. The molecule has 0 atom stereocenters. The number of nitrogens with one attached hydrogen (secondary N) is 1. The van der Waals surface area contributed by atoms with E-state index in [9.17, 15) is 4.79 Å². The third-order valence-corrected chi connectivity index (χ3v) is 2.91. The van der Waals surface area contributed by atoms with E-state index in [0.717, 1.165) is 17.7 Å². The minimum absolute atomic E-state index is 0.190. The van der Waals surface area contributed by atoms with Gasteiger partial charge < -0.3 is 5.32 Å². The molecular formula is C18H17NO. The summed E-state index contributed by atoms with van der Waals surface area (Å²) in [5.41, 5.74) is 3.07. The van der Waals surface area contributed by atoms with Crippen LogP contribution in [-0.2, 0) is 11.2 Å². The van der Waals surface area contributed by atoms with Crippen molar-refractivity contribution in [2.24, 2.45) is 0 Å². The first kappa shape index (κ1) is 13.8. The van der Waals surface area contributed by atoms with Crippen LogP contribution in [0.3, 0.4) is 0 Å². The molecule has 0 saturated carbocycles. The molecular weight excluding hydrogens is 246 g/mol. The van der Waals surface area contributed by atoms with Crippen LogP contribution in [0.25, 0.3) is 6.08 Å². The normalized spacial score (nSPS) is 10.4. The number of para-hydroxylation sites is 1. The van der Waals surface area contributed by atoms with Crippen LogP contribution in [0, 0.1) is 0 Å². The summed E-state index contributed by atoms with van der Waals surface area (Å²) in [6.07, 6.45) is 6.21. The van der Waals surface area contributed by atoms with Gasteiger partial charge in [-0.05, 0) is 29.7 Å². The molecule has 2 rings (SSSR count). The lowest BCUT2D eigenvalue weighted by atomic mass is 10.1. The molecule has 0 heterocycles. The largest absolute Gasteiger partial charge is 0.322 e. The highest BCUT2D eigenvalue weighted by Gasteiger charge is 2.02. The summed E-state index contributed by atoms with van der Waals surface area (Å²) in [6, 6.07) is 17.9. The molecule has 0 aliphatic rings. The Balaban J connectivity index is 2.07. The summed E-state index contributed by atoms with van der Waals surface area (Å²) in [4.78, 5) is 11.4. The fourth-order valence-corrected chi connectivity index (χ4v) is 1.89. The molecule has 0 aliphatic heterocycles. The van der Waals surface area contributed by atoms with Gasteiger partial charge in [-0.2, -0.15) is 0 Å². The zero-order chi connectivity index (χ0) is 14.2. The van der Waals surface area contributed by atoms with Gasteiger partial charge in [0.15, 0.2) is 0 Å². The molecule has 0 radical (unpaired) electrons. The molecule has 1 N–H and O–H groups in total. The fourth-order valence-electron chi connectivity index (χ4n) is 1.89. The molecule has 100 valence electrons. The second-order valence-corrected chi connectivity index (χ2v) is 4.37. The number of rotatable bonds is 5. The van der Waals surface area contributed by atoms with Crippen LogP contribution in [0.15, 0.2) is 73.3 Å². The Morgan fingerprint density at radius 1 is 1.05 bits per heavy atom. The highest BCUT2D eigenvalue weighted by atomic mass is 16.1. The van der Waals surface area contributed by atoms with Gasteiger partial charge in [0.2, 0.25) is 5.91 Å². The minimum atomic E-state index is -0.190. The molecule has 1 amide bonds. The Bertz CT molecular complexity index is 614. The van der Waals surface area contributed by atoms with Crippen molar-refractivity contribution in [3.8, 4) is 0 Å². The maximum Gasteiger partial charge on any atom is 0.247 e. The number of amides is 1. The van der Waals surface area contributed by atoms with Gasteiger partial charge in [-0.1, -0.05) is 67.3 Å². The summed E-state index contributed by atoms with van der Waals surface area (Å²) in [5, 5.41) is 2.82. The molecule has 0 saturated heterocycles. The Labute approximate surface area is 119 Å². The smallest absolute Gasteiger partial charge is 0.247 e. The Kier molecular flexibility index (Phi) is 4.90.